The number of hydrogen-bond acceptors (Lipinski definition) is 3. The highest BCUT2D eigenvalue weighted by Gasteiger charge is 2.30. The van der Waals surface area contributed by atoms with E-state index in [0.29, 0.717) is 17.0 Å². The Hall–Kier alpha value is -2.55. The maximum absolute atomic E-state index is 12.1. The molecule has 1 aromatic heterocycles. The summed E-state index contributed by atoms with van der Waals surface area (Å²) in [5, 5.41) is 0. The molecule has 2 aromatic rings. The molecule has 0 aliphatic carbocycles. The van der Waals surface area contributed by atoms with Gasteiger partial charge in [-0.25, -0.2) is 9.97 Å². The molecule has 0 fully saturated rings. The molecule has 0 amide bonds. The number of benzene rings is 1. The van der Waals surface area contributed by atoms with E-state index in [4.69, 9.17) is 0 Å². The zero-order valence-electron chi connectivity index (χ0n) is 12.5. The van der Waals surface area contributed by atoms with Crippen molar-refractivity contribution in [3.05, 3.63) is 42.2 Å². The second kappa shape index (κ2) is 7.63. The van der Waals surface area contributed by atoms with Crippen molar-refractivity contribution >= 4 is 0 Å². The van der Waals surface area contributed by atoms with Crippen molar-refractivity contribution in [3.63, 3.8) is 0 Å². The summed E-state index contributed by atoms with van der Waals surface area (Å²) in [6, 6.07) is 5.40. The number of aromatic nitrogens is 2. The van der Waals surface area contributed by atoms with E-state index in [9.17, 15) is 13.2 Å². The zero-order chi connectivity index (χ0) is 16.7. The van der Waals surface area contributed by atoms with Gasteiger partial charge in [0.1, 0.15) is 5.75 Å². The fraction of sp³-hybridized carbons (Fsp3) is 0.294. The monoisotopic (exact) mass is 320 g/mol. The Bertz CT molecular complexity index is 683. The predicted molar refractivity (Wildman–Crippen MR) is 80.6 cm³/mol. The third-order valence-electron chi connectivity index (χ3n) is 2.89. The average molecular weight is 320 g/mol. The normalized spacial score (nSPS) is 10.8. The summed E-state index contributed by atoms with van der Waals surface area (Å²) in [5.74, 6) is 6.15. The van der Waals surface area contributed by atoms with Gasteiger partial charge >= 0.3 is 6.36 Å². The smallest absolute Gasteiger partial charge is 0.406 e. The maximum Gasteiger partial charge on any atom is 0.573 e. The second-order valence-electron chi connectivity index (χ2n) is 4.77. The number of nitrogens with zero attached hydrogens (tertiary/aromatic N) is 2. The van der Waals surface area contributed by atoms with Crippen molar-refractivity contribution in [2.75, 3.05) is 0 Å². The lowest BCUT2D eigenvalue weighted by molar-refractivity contribution is -0.274. The van der Waals surface area contributed by atoms with Gasteiger partial charge in [0.2, 0.25) is 0 Å². The Balaban J connectivity index is 2.05. The molecule has 3 nitrogen and oxygen atoms in total. The van der Waals surface area contributed by atoms with Gasteiger partial charge in [-0.3, -0.25) is 0 Å². The van der Waals surface area contributed by atoms with E-state index < -0.39 is 6.36 Å². The molecular formula is C17H15F3N2O. The Morgan fingerprint density at radius 3 is 2.30 bits per heavy atom. The molecule has 0 N–H and O–H groups in total. The molecule has 0 bridgehead atoms. The van der Waals surface area contributed by atoms with Gasteiger partial charge in [0, 0.05) is 24.4 Å². The SMILES string of the molecule is CCCCC#Cc1cnc(-c2ccc(OC(F)(F)F)cc2)nc1. The van der Waals surface area contributed by atoms with E-state index in [-0.39, 0.29) is 5.75 Å². The molecule has 2 rings (SSSR count). The Labute approximate surface area is 132 Å². The standard InChI is InChI=1S/C17H15F3N2O/c1-2-3-4-5-6-13-11-21-16(22-12-13)14-7-9-15(10-8-14)23-17(18,19)20/h7-12H,2-4H2,1H3. The highest BCUT2D eigenvalue weighted by molar-refractivity contribution is 5.56. The number of rotatable bonds is 4. The molecule has 23 heavy (non-hydrogen) atoms. The van der Waals surface area contributed by atoms with Gasteiger partial charge in [-0.1, -0.05) is 25.2 Å². The molecule has 0 saturated heterocycles. The molecule has 6 heteroatoms. The molecular weight excluding hydrogens is 305 g/mol. The molecule has 0 saturated carbocycles. The van der Waals surface area contributed by atoms with Gasteiger partial charge in [0.25, 0.3) is 0 Å². The average Bonchev–Trinajstić information content (AvgIpc) is 2.52. The van der Waals surface area contributed by atoms with E-state index in [1.165, 1.54) is 24.3 Å². The summed E-state index contributed by atoms with van der Waals surface area (Å²) in [4.78, 5) is 8.35. The van der Waals surface area contributed by atoms with Gasteiger partial charge < -0.3 is 4.74 Å². The first kappa shape index (κ1) is 16.8. The number of unbranched alkanes of at least 4 members (excludes halogenated alkanes) is 2. The number of alkyl halides is 3. The van der Waals surface area contributed by atoms with Gasteiger partial charge in [-0.05, 0) is 30.7 Å². The molecule has 1 heterocycles. The number of hydrogen-bond donors (Lipinski definition) is 0. The van der Waals surface area contributed by atoms with Crippen LogP contribution in [0.1, 0.15) is 31.7 Å². The van der Waals surface area contributed by atoms with Crippen molar-refractivity contribution in [2.45, 2.75) is 32.5 Å². The minimum absolute atomic E-state index is 0.278. The Morgan fingerprint density at radius 1 is 1.09 bits per heavy atom. The van der Waals surface area contributed by atoms with Gasteiger partial charge in [-0.2, -0.15) is 0 Å². The molecule has 0 atom stereocenters. The van der Waals surface area contributed by atoms with E-state index in [1.54, 1.807) is 12.4 Å². The Morgan fingerprint density at radius 2 is 1.74 bits per heavy atom. The van der Waals surface area contributed by atoms with Gasteiger partial charge in [-0.15, -0.1) is 13.2 Å². The van der Waals surface area contributed by atoms with Crippen molar-refractivity contribution in [1.82, 2.24) is 9.97 Å². The first-order chi connectivity index (χ1) is 11.0. The summed E-state index contributed by atoms with van der Waals surface area (Å²) in [5.41, 5.74) is 1.31. The molecule has 0 unspecified atom stereocenters. The van der Waals surface area contributed by atoms with Crippen molar-refractivity contribution < 1.29 is 17.9 Å². The van der Waals surface area contributed by atoms with E-state index in [0.717, 1.165) is 19.3 Å². The quantitative estimate of drug-likeness (QED) is 0.611. The van der Waals surface area contributed by atoms with Crippen molar-refractivity contribution in [3.8, 4) is 29.0 Å². The van der Waals surface area contributed by atoms with Crippen LogP contribution in [0.5, 0.6) is 5.75 Å². The highest BCUT2D eigenvalue weighted by Crippen LogP contribution is 2.24. The second-order valence-corrected chi connectivity index (χ2v) is 4.77. The lowest BCUT2D eigenvalue weighted by Crippen LogP contribution is -2.16. The van der Waals surface area contributed by atoms with E-state index in [1.807, 2.05) is 0 Å². The van der Waals surface area contributed by atoms with Crippen LogP contribution in [0.25, 0.3) is 11.4 Å². The zero-order valence-corrected chi connectivity index (χ0v) is 12.5. The molecule has 0 aliphatic rings. The predicted octanol–water partition coefficient (Wildman–Crippen LogP) is 4.58. The van der Waals surface area contributed by atoms with Crippen LogP contribution in [0.2, 0.25) is 0 Å². The molecule has 0 radical (unpaired) electrons. The summed E-state index contributed by atoms with van der Waals surface area (Å²) >= 11 is 0. The van der Waals surface area contributed by atoms with Crippen LogP contribution >= 0.6 is 0 Å². The van der Waals surface area contributed by atoms with Crippen molar-refractivity contribution in [2.24, 2.45) is 0 Å². The first-order valence-corrected chi connectivity index (χ1v) is 7.15. The van der Waals surface area contributed by atoms with Crippen LogP contribution in [-0.2, 0) is 0 Å². The summed E-state index contributed by atoms with van der Waals surface area (Å²) in [6.07, 6.45) is 1.48. The maximum atomic E-state index is 12.1. The minimum Gasteiger partial charge on any atom is -0.406 e. The lowest BCUT2D eigenvalue weighted by atomic mass is 10.2. The minimum atomic E-state index is -4.70. The summed E-state index contributed by atoms with van der Waals surface area (Å²) < 4.78 is 40.1. The summed E-state index contributed by atoms with van der Waals surface area (Å²) in [6.45, 7) is 2.10. The van der Waals surface area contributed by atoms with Crippen LogP contribution in [-0.4, -0.2) is 16.3 Å². The third kappa shape index (κ3) is 5.62. The number of halogens is 3. The molecule has 0 aliphatic heterocycles. The van der Waals surface area contributed by atoms with Gasteiger partial charge in [0.15, 0.2) is 5.82 Å². The molecule has 0 spiro atoms. The van der Waals surface area contributed by atoms with Gasteiger partial charge in [0.05, 0.1) is 5.56 Å². The fourth-order valence-electron chi connectivity index (χ4n) is 1.78. The highest BCUT2D eigenvalue weighted by atomic mass is 19.4. The van der Waals surface area contributed by atoms with E-state index in [2.05, 4.69) is 33.5 Å². The first-order valence-electron chi connectivity index (χ1n) is 7.15. The van der Waals surface area contributed by atoms with Crippen LogP contribution in [0.4, 0.5) is 13.2 Å². The van der Waals surface area contributed by atoms with Crippen LogP contribution in [0, 0.1) is 11.8 Å². The number of ether oxygens (including phenoxy) is 1. The van der Waals surface area contributed by atoms with Crippen LogP contribution < -0.4 is 4.74 Å². The third-order valence-corrected chi connectivity index (χ3v) is 2.89. The van der Waals surface area contributed by atoms with Crippen molar-refractivity contribution in [1.29, 1.82) is 0 Å². The topological polar surface area (TPSA) is 35.0 Å². The molecule has 1 aromatic carbocycles. The van der Waals surface area contributed by atoms with Crippen LogP contribution in [0.15, 0.2) is 36.7 Å². The van der Waals surface area contributed by atoms with Crippen LogP contribution in [0.3, 0.4) is 0 Å². The lowest BCUT2D eigenvalue weighted by Gasteiger charge is -2.08. The molecule has 120 valence electrons. The summed E-state index contributed by atoms with van der Waals surface area (Å²) in [7, 11) is 0. The van der Waals surface area contributed by atoms with E-state index >= 15 is 0 Å². The largest absolute Gasteiger partial charge is 0.573 e. The fourth-order valence-corrected chi connectivity index (χ4v) is 1.78. The Kier molecular flexibility index (Phi) is 5.58.